The summed E-state index contributed by atoms with van der Waals surface area (Å²) in [4.78, 5) is 13.8. The van der Waals surface area contributed by atoms with Gasteiger partial charge in [0.25, 0.3) is 0 Å². The molecule has 5 saturated heterocycles. The van der Waals surface area contributed by atoms with E-state index in [1.54, 1.807) is 12.1 Å². The Morgan fingerprint density at radius 3 is 2.77 bits per heavy atom. The number of phenols is 1. The number of alkyl halides is 1. The van der Waals surface area contributed by atoms with E-state index in [1.165, 1.54) is 24.3 Å². The topological polar surface area (TPSA) is 73.8 Å². The van der Waals surface area contributed by atoms with Crippen LogP contribution in [0.1, 0.15) is 37.7 Å². The van der Waals surface area contributed by atoms with Crippen LogP contribution >= 0.6 is 0 Å². The number of nitrogens with zero attached hydrogens (tertiary/aromatic N) is 4. The molecule has 0 amide bonds. The molecule has 5 fully saturated rings. The van der Waals surface area contributed by atoms with Gasteiger partial charge in [0, 0.05) is 54.5 Å². The molecule has 6 heterocycles. The van der Waals surface area contributed by atoms with E-state index in [2.05, 4.69) is 26.0 Å². The third kappa shape index (κ3) is 4.28. The maximum absolute atomic E-state index is 16.8. The number of hydrogen-bond acceptors (Lipinski definition) is 7. The second-order valence-corrected chi connectivity index (χ2v) is 12.7. The molecular formula is C34H32F3N5O2. The van der Waals surface area contributed by atoms with Crippen molar-refractivity contribution in [2.45, 2.75) is 55.9 Å². The summed E-state index contributed by atoms with van der Waals surface area (Å²) in [6.07, 6.45) is 9.03. The van der Waals surface area contributed by atoms with Gasteiger partial charge in [0.1, 0.15) is 35.7 Å². The van der Waals surface area contributed by atoms with Crippen LogP contribution in [0.4, 0.5) is 19.0 Å². The minimum atomic E-state index is -0.904. The molecule has 226 valence electrons. The van der Waals surface area contributed by atoms with E-state index < -0.39 is 23.3 Å². The Morgan fingerprint density at radius 2 is 2.00 bits per heavy atom. The molecular weight excluding hydrogens is 567 g/mol. The van der Waals surface area contributed by atoms with Crippen LogP contribution in [0, 0.1) is 24.0 Å². The van der Waals surface area contributed by atoms with Crippen molar-refractivity contribution in [3.05, 3.63) is 53.6 Å². The summed E-state index contributed by atoms with van der Waals surface area (Å²) in [6.45, 7) is 2.97. The number of aromatic nitrogens is 2. The predicted molar refractivity (Wildman–Crippen MR) is 163 cm³/mol. The van der Waals surface area contributed by atoms with E-state index in [-0.39, 0.29) is 46.6 Å². The largest absolute Gasteiger partial charge is 0.508 e. The summed E-state index contributed by atoms with van der Waals surface area (Å²) in [5, 5.41) is 15.4. The number of ether oxygens (including phenoxy) is 1. The highest BCUT2D eigenvalue weighted by Crippen LogP contribution is 2.43. The molecule has 3 aromatic carbocycles. The molecule has 4 aromatic rings. The molecule has 0 saturated carbocycles. The predicted octanol–water partition coefficient (Wildman–Crippen LogP) is 5.31. The second kappa shape index (κ2) is 10.2. The second-order valence-electron chi connectivity index (χ2n) is 12.7. The number of nitrogens with one attached hydrogen (secondary N) is 1. The van der Waals surface area contributed by atoms with Crippen molar-refractivity contribution in [2.75, 3.05) is 37.7 Å². The molecule has 10 heteroatoms. The first-order valence-electron chi connectivity index (χ1n) is 15.3. The molecule has 1 aromatic heterocycles. The summed E-state index contributed by atoms with van der Waals surface area (Å²) in [5.41, 5.74) is 0.0143. The van der Waals surface area contributed by atoms with Crippen molar-refractivity contribution >= 4 is 27.5 Å². The first-order valence-corrected chi connectivity index (χ1v) is 15.3. The third-order valence-corrected chi connectivity index (χ3v) is 10.1. The first kappa shape index (κ1) is 27.5. The van der Waals surface area contributed by atoms with Gasteiger partial charge in [-0.05, 0) is 67.4 Å². The van der Waals surface area contributed by atoms with E-state index in [9.17, 15) is 13.9 Å². The summed E-state index contributed by atoms with van der Waals surface area (Å²) in [7, 11) is 0. The lowest BCUT2D eigenvalue weighted by atomic mass is 9.92. The number of piperidine rings is 2. The quantitative estimate of drug-likeness (QED) is 0.301. The van der Waals surface area contributed by atoms with Gasteiger partial charge < -0.3 is 20.1 Å². The molecule has 0 unspecified atom stereocenters. The Labute approximate surface area is 253 Å². The highest BCUT2D eigenvalue weighted by atomic mass is 19.1. The van der Waals surface area contributed by atoms with Gasteiger partial charge in [0.15, 0.2) is 5.82 Å². The lowest BCUT2D eigenvalue weighted by Crippen LogP contribution is -2.61. The van der Waals surface area contributed by atoms with Crippen molar-refractivity contribution in [3.8, 4) is 35.2 Å². The highest BCUT2D eigenvalue weighted by Gasteiger charge is 2.49. The van der Waals surface area contributed by atoms with Gasteiger partial charge in [0.2, 0.25) is 0 Å². The molecule has 9 rings (SSSR count). The number of rotatable bonds is 5. The number of piperazine rings is 1. The van der Waals surface area contributed by atoms with Crippen LogP contribution in [0.25, 0.3) is 32.8 Å². The summed E-state index contributed by atoms with van der Waals surface area (Å²) >= 11 is 0. The summed E-state index contributed by atoms with van der Waals surface area (Å²) in [6, 6.07) is 9.53. The van der Waals surface area contributed by atoms with E-state index >= 15 is 4.39 Å². The van der Waals surface area contributed by atoms with Crippen LogP contribution in [0.15, 0.2) is 36.4 Å². The number of phenolic OH excluding ortho intramolecular Hbond substituents is 1. The number of hydrogen-bond donors (Lipinski definition) is 2. The van der Waals surface area contributed by atoms with Crippen LogP contribution in [0.2, 0.25) is 0 Å². The Balaban J connectivity index is 1.29. The van der Waals surface area contributed by atoms with Crippen LogP contribution in [-0.2, 0) is 0 Å². The van der Waals surface area contributed by atoms with Crippen LogP contribution in [-0.4, -0.2) is 76.6 Å². The van der Waals surface area contributed by atoms with E-state index in [0.29, 0.717) is 41.0 Å². The van der Waals surface area contributed by atoms with Gasteiger partial charge in [-0.15, -0.1) is 6.42 Å². The molecule has 4 atom stereocenters. The Hall–Kier alpha value is -4.07. The van der Waals surface area contributed by atoms with Gasteiger partial charge >= 0.3 is 6.01 Å². The van der Waals surface area contributed by atoms with Crippen molar-refractivity contribution in [1.82, 2.24) is 20.2 Å². The molecule has 44 heavy (non-hydrogen) atoms. The normalized spacial score (nSPS) is 26.4. The molecule has 0 aliphatic carbocycles. The van der Waals surface area contributed by atoms with Crippen molar-refractivity contribution < 1.29 is 23.0 Å². The zero-order chi connectivity index (χ0) is 30.2. The van der Waals surface area contributed by atoms with Crippen LogP contribution in [0.5, 0.6) is 11.8 Å². The molecule has 0 radical (unpaired) electrons. The standard InChI is InChI=1S/C34H32F3N5O2/c1-2-24-28(36)9-4-19-12-23(43)13-27(29(19)24)25-7-8-26-31(30(25)37)39-33(40-32(26)42-17-21-5-6-22(42)15-38-21)44-18-34-10-3-11-41(34)16-20(35)14-34/h1,4,7-9,12-13,20-22,38,43H,3,5-6,10-11,14-18H2/t20-,21-,22-,34+/m1/s1. The first-order chi connectivity index (χ1) is 21.3. The maximum atomic E-state index is 16.8. The number of fused-ring (bicyclic) bond motifs is 6. The van der Waals surface area contributed by atoms with Gasteiger partial charge in [0.05, 0.1) is 11.1 Å². The third-order valence-electron chi connectivity index (χ3n) is 10.1. The minimum Gasteiger partial charge on any atom is -0.508 e. The molecule has 5 aliphatic heterocycles. The van der Waals surface area contributed by atoms with Crippen LogP contribution in [0.3, 0.4) is 0 Å². The minimum absolute atomic E-state index is 0.00987. The Bertz CT molecular complexity index is 1850. The Morgan fingerprint density at radius 1 is 1.11 bits per heavy atom. The number of anilines is 1. The molecule has 2 N–H and O–H groups in total. The fourth-order valence-electron chi connectivity index (χ4n) is 8.01. The zero-order valence-corrected chi connectivity index (χ0v) is 24.1. The summed E-state index contributed by atoms with van der Waals surface area (Å²) in [5.74, 6) is 1.63. The average molecular weight is 600 g/mol. The maximum Gasteiger partial charge on any atom is 0.319 e. The smallest absolute Gasteiger partial charge is 0.319 e. The van der Waals surface area contributed by atoms with E-state index in [4.69, 9.17) is 16.1 Å². The number of halogens is 3. The molecule has 2 bridgehead atoms. The number of terminal acetylenes is 1. The lowest BCUT2D eigenvalue weighted by Gasteiger charge is -2.46. The monoisotopic (exact) mass is 599 g/mol. The SMILES string of the molecule is C#Cc1c(F)ccc2cc(O)cc(-c3ccc4c(N5C[C@H]6CC[C@@H]5CN6)nc(OC[C@@]56CCCN5C[C@H](F)C6)nc4c3F)c12. The average Bonchev–Trinajstić information content (AvgIpc) is 3.56. The Kier molecular flexibility index (Phi) is 6.40. The summed E-state index contributed by atoms with van der Waals surface area (Å²) < 4.78 is 52.3. The van der Waals surface area contributed by atoms with Gasteiger partial charge in [-0.1, -0.05) is 18.1 Å². The van der Waals surface area contributed by atoms with E-state index in [0.717, 1.165) is 45.3 Å². The van der Waals surface area contributed by atoms with Crippen LogP contribution < -0.4 is 15.0 Å². The van der Waals surface area contributed by atoms with E-state index in [1.807, 2.05) is 0 Å². The van der Waals surface area contributed by atoms with Gasteiger partial charge in [-0.3, -0.25) is 4.90 Å². The van der Waals surface area contributed by atoms with Gasteiger partial charge in [-0.2, -0.15) is 9.97 Å². The van der Waals surface area contributed by atoms with Crippen molar-refractivity contribution in [3.63, 3.8) is 0 Å². The lowest BCUT2D eigenvalue weighted by molar-refractivity contribution is 0.107. The fourth-order valence-corrected chi connectivity index (χ4v) is 8.01. The molecule has 7 nitrogen and oxygen atoms in total. The number of aromatic hydroxyl groups is 1. The van der Waals surface area contributed by atoms with Crippen molar-refractivity contribution in [1.29, 1.82) is 0 Å². The number of benzene rings is 3. The highest BCUT2D eigenvalue weighted by molar-refractivity contribution is 6.04. The molecule has 5 aliphatic rings. The van der Waals surface area contributed by atoms with Crippen molar-refractivity contribution in [2.24, 2.45) is 0 Å². The fraction of sp³-hybridized carbons (Fsp3) is 0.412. The molecule has 0 spiro atoms. The van der Waals surface area contributed by atoms with Gasteiger partial charge in [-0.25, -0.2) is 13.2 Å². The zero-order valence-electron chi connectivity index (χ0n) is 24.1.